The number of nitrogens with one attached hydrogen (secondary N) is 1. The van der Waals surface area contributed by atoms with Crippen LogP contribution in [0, 0.1) is 13.8 Å². The SMILES string of the molecule is COc1ccc2c(c1)CCN2C(=O)NCc1ncc(C)c(OC)c1C. The lowest BCUT2D eigenvalue weighted by atomic mass is 10.1. The van der Waals surface area contributed by atoms with Gasteiger partial charge in [-0.2, -0.15) is 0 Å². The number of nitrogens with zero attached hydrogens (tertiary/aromatic N) is 2. The number of hydrogen-bond acceptors (Lipinski definition) is 4. The van der Waals surface area contributed by atoms with Crippen molar-refractivity contribution in [2.75, 3.05) is 25.7 Å². The first kappa shape index (κ1) is 17.1. The number of amides is 2. The van der Waals surface area contributed by atoms with E-state index in [0.717, 1.165) is 46.0 Å². The van der Waals surface area contributed by atoms with Crippen molar-refractivity contribution in [2.45, 2.75) is 26.8 Å². The third kappa shape index (κ3) is 3.24. The van der Waals surface area contributed by atoms with Crippen molar-refractivity contribution in [3.8, 4) is 11.5 Å². The molecule has 1 aromatic heterocycles. The highest BCUT2D eigenvalue weighted by atomic mass is 16.5. The third-order valence-corrected chi connectivity index (χ3v) is 4.58. The predicted octanol–water partition coefficient (Wildman–Crippen LogP) is 2.99. The van der Waals surface area contributed by atoms with Crippen LogP contribution >= 0.6 is 0 Å². The van der Waals surface area contributed by atoms with Crippen LogP contribution in [0.4, 0.5) is 10.5 Å². The van der Waals surface area contributed by atoms with E-state index < -0.39 is 0 Å². The van der Waals surface area contributed by atoms with Crippen molar-refractivity contribution in [1.29, 1.82) is 0 Å². The fourth-order valence-electron chi connectivity index (χ4n) is 3.22. The van der Waals surface area contributed by atoms with E-state index in [-0.39, 0.29) is 6.03 Å². The van der Waals surface area contributed by atoms with Gasteiger partial charge in [-0.3, -0.25) is 9.88 Å². The van der Waals surface area contributed by atoms with Crippen LogP contribution in [0.25, 0.3) is 0 Å². The fourth-order valence-corrected chi connectivity index (χ4v) is 3.22. The monoisotopic (exact) mass is 341 g/mol. The Balaban J connectivity index is 1.71. The second kappa shape index (κ2) is 7.01. The molecule has 2 heterocycles. The summed E-state index contributed by atoms with van der Waals surface area (Å²) >= 11 is 0. The summed E-state index contributed by atoms with van der Waals surface area (Å²) in [5, 5.41) is 2.96. The normalized spacial score (nSPS) is 12.7. The molecule has 1 N–H and O–H groups in total. The Morgan fingerprint density at radius 1 is 1.28 bits per heavy atom. The second-order valence-electron chi connectivity index (χ2n) is 6.10. The van der Waals surface area contributed by atoms with Crippen LogP contribution in [0.5, 0.6) is 11.5 Å². The van der Waals surface area contributed by atoms with Gasteiger partial charge in [-0.25, -0.2) is 4.79 Å². The van der Waals surface area contributed by atoms with Gasteiger partial charge in [-0.05, 0) is 44.0 Å². The first-order valence-electron chi connectivity index (χ1n) is 8.26. The van der Waals surface area contributed by atoms with Gasteiger partial charge in [0.15, 0.2) is 0 Å². The van der Waals surface area contributed by atoms with Gasteiger partial charge < -0.3 is 14.8 Å². The zero-order valence-corrected chi connectivity index (χ0v) is 15.0. The molecule has 132 valence electrons. The Morgan fingerprint density at radius 3 is 2.80 bits per heavy atom. The van der Waals surface area contributed by atoms with Crippen molar-refractivity contribution >= 4 is 11.7 Å². The molecule has 0 bridgehead atoms. The van der Waals surface area contributed by atoms with Gasteiger partial charge in [0.05, 0.1) is 26.5 Å². The molecule has 6 nitrogen and oxygen atoms in total. The number of benzene rings is 1. The van der Waals surface area contributed by atoms with Gasteiger partial charge >= 0.3 is 6.03 Å². The van der Waals surface area contributed by atoms with E-state index in [1.165, 1.54) is 0 Å². The molecule has 0 saturated heterocycles. The molecule has 1 aromatic carbocycles. The van der Waals surface area contributed by atoms with Gasteiger partial charge in [0.1, 0.15) is 11.5 Å². The summed E-state index contributed by atoms with van der Waals surface area (Å²) in [6.45, 7) is 4.94. The molecule has 1 aliphatic rings. The van der Waals surface area contributed by atoms with Crippen LogP contribution in [-0.2, 0) is 13.0 Å². The largest absolute Gasteiger partial charge is 0.497 e. The number of hydrogen-bond donors (Lipinski definition) is 1. The van der Waals surface area contributed by atoms with Crippen molar-refractivity contribution in [1.82, 2.24) is 10.3 Å². The number of carbonyl (C=O) groups is 1. The van der Waals surface area contributed by atoms with Crippen molar-refractivity contribution < 1.29 is 14.3 Å². The Bertz CT molecular complexity index is 805. The van der Waals surface area contributed by atoms with E-state index in [1.54, 1.807) is 25.3 Å². The lowest BCUT2D eigenvalue weighted by molar-refractivity contribution is 0.246. The summed E-state index contributed by atoms with van der Waals surface area (Å²) in [5.41, 5.74) is 4.81. The van der Waals surface area contributed by atoms with E-state index >= 15 is 0 Å². The summed E-state index contributed by atoms with van der Waals surface area (Å²) in [4.78, 5) is 18.8. The molecule has 2 amide bonds. The molecule has 6 heteroatoms. The highest BCUT2D eigenvalue weighted by Crippen LogP contribution is 2.31. The van der Waals surface area contributed by atoms with E-state index in [2.05, 4.69) is 10.3 Å². The van der Waals surface area contributed by atoms with Crippen LogP contribution in [-0.4, -0.2) is 31.8 Å². The molecule has 0 unspecified atom stereocenters. The molecule has 0 spiro atoms. The Kier molecular flexibility index (Phi) is 4.79. The maximum absolute atomic E-state index is 12.6. The summed E-state index contributed by atoms with van der Waals surface area (Å²) in [6, 6.07) is 5.67. The van der Waals surface area contributed by atoms with Crippen molar-refractivity contribution in [3.05, 3.63) is 46.8 Å². The van der Waals surface area contributed by atoms with E-state index in [1.807, 2.05) is 32.0 Å². The molecule has 1 aliphatic heterocycles. The second-order valence-corrected chi connectivity index (χ2v) is 6.10. The zero-order chi connectivity index (χ0) is 18.0. The first-order valence-corrected chi connectivity index (χ1v) is 8.26. The molecular weight excluding hydrogens is 318 g/mol. The van der Waals surface area contributed by atoms with Crippen molar-refractivity contribution in [3.63, 3.8) is 0 Å². The van der Waals surface area contributed by atoms with Crippen LogP contribution in [0.3, 0.4) is 0 Å². The lowest BCUT2D eigenvalue weighted by Gasteiger charge is -2.19. The summed E-state index contributed by atoms with van der Waals surface area (Å²) in [5.74, 6) is 1.63. The number of rotatable bonds is 4. The minimum atomic E-state index is -0.121. The van der Waals surface area contributed by atoms with Crippen LogP contribution in [0.2, 0.25) is 0 Å². The quantitative estimate of drug-likeness (QED) is 0.928. The molecule has 0 fully saturated rings. The van der Waals surface area contributed by atoms with Gasteiger partial charge in [-0.1, -0.05) is 0 Å². The number of fused-ring (bicyclic) bond motifs is 1. The maximum atomic E-state index is 12.6. The van der Waals surface area contributed by atoms with Gasteiger partial charge in [-0.15, -0.1) is 0 Å². The fraction of sp³-hybridized carbons (Fsp3) is 0.368. The van der Waals surface area contributed by atoms with Crippen LogP contribution in [0.1, 0.15) is 22.4 Å². The topological polar surface area (TPSA) is 63.7 Å². The predicted molar refractivity (Wildman–Crippen MR) is 96.5 cm³/mol. The van der Waals surface area contributed by atoms with E-state index in [4.69, 9.17) is 9.47 Å². The Morgan fingerprint density at radius 2 is 2.08 bits per heavy atom. The van der Waals surface area contributed by atoms with Gasteiger partial charge in [0.2, 0.25) is 0 Å². The Labute approximate surface area is 147 Å². The number of aromatic nitrogens is 1. The number of carbonyl (C=O) groups excluding carboxylic acids is 1. The number of urea groups is 1. The van der Waals surface area contributed by atoms with Crippen LogP contribution in [0.15, 0.2) is 24.4 Å². The standard InChI is InChI=1S/C19H23N3O3/c1-12-10-20-16(13(2)18(12)25-4)11-21-19(23)22-8-7-14-9-15(24-3)5-6-17(14)22/h5-6,9-10H,7-8,11H2,1-4H3,(H,21,23). The maximum Gasteiger partial charge on any atom is 0.322 e. The molecule has 25 heavy (non-hydrogen) atoms. The van der Waals surface area contributed by atoms with Crippen molar-refractivity contribution in [2.24, 2.45) is 0 Å². The number of methoxy groups -OCH3 is 2. The highest BCUT2D eigenvalue weighted by molar-refractivity contribution is 5.94. The number of aryl methyl sites for hydroxylation is 1. The zero-order valence-electron chi connectivity index (χ0n) is 15.0. The van der Waals surface area contributed by atoms with Crippen LogP contribution < -0.4 is 19.7 Å². The summed E-state index contributed by atoms with van der Waals surface area (Å²) in [7, 11) is 3.29. The molecule has 0 radical (unpaired) electrons. The smallest absolute Gasteiger partial charge is 0.322 e. The molecule has 0 atom stereocenters. The lowest BCUT2D eigenvalue weighted by Crippen LogP contribution is -2.38. The number of ether oxygens (including phenoxy) is 2. The Hall–Kier alpha value is -2.76. The third-order valence-electron chi connectivity index (χ3n) is 4.58. The van der Waals surface area contributed by atoms with Gasteiger partial charge in [0.25, 0.3) is 0 Å². The molecule has 3 rings (SSSR count). The summed E-state index contributed by atoms with van der Waals surface area (Å²) in [6.07, 6.45) is 2.60. The number of anilines is 1. The average molecular weight is 341 g/mol. The first-order chi connectivity index (χ1) is 12.0. The molecule has 0 aliphatic carbocycles. The minimum Gasteiger partial charge on any atom is -0.497 e. The number of pyridine rings is 1. The van der Waals surface area contributed by atoms with E-state index in [9.17, 15) is 4.79 Å². The molecule has 0 saturated carbocycles. The summed E-state index contributed by atoms with van der Waals surface area (Å²) < 4.78 is 10.7. The van der Waals surface area contributed by atoms with E-state index in [0.29, 0.717) is 13.1 Å². The van der Waals surface area contributed by atoms with Gasteiger partial charge in [0, 0.05) is 29.6 Å². The minimum absolute atomic E-state index is 0.121. The molecular formula is C19H23N3O3. The highest BCUT2D eigenvalue weighted by Gasteiger charge is 2.25. The molecule has 2 aromatic rings. The average Bonchev–Trinajstić information content (AvgIpc) is 3.04.